The van der Waals surface area contributed by atoms with Crippen LogP contribution in [-0.2, 0) is 0 Å². The molecule has 0 aromatic carbocycles. The number of nitrogens with zero attached hydrogens (tertiary/aromatic N) is 1. The number of aromatic nitrogens is 1. The molecule has 1 aliphatic rings. The van der Waals surface area contributed by atoms with Crippen LogP contribution in [0.25, 0.3) is 0 Å². The van der Waals surface area contributed by atoms with Crippen LogP contribution in [0.15, 0.2) is 18.2 Å². The molecule has 0 aliphatic heterocycles. The molecular weight excluding hydrogens is 238 g/mol. The third-order valence-corrected chi connectivity index (χ3v) is 3.95. The Morgan fingerprint density at radius 1 is 1.21 bits per heavy atom. The fourth-order valence-corrected chi connectivity index (χ4v) is 2.68. The van der Waals surface area contributed by atoms with E-state index < -0.39 is 0 Å². The molecule has 3 N–H and O–H groups in total. The molecular formula is C15H25N3O. The number of aliphatic hydroxyl groups excluding tert-OH is 1. The summed E-state index contributed by atoms with van der Waals surface area (Å²) < 4.78 is 0. The van der Waals surface area contributed by atoms with E-state index in [0.29, 0.717) is 0 Å². The number of aliphatic hydroxyl groups is 1. The van der Waals surface area contributed by atoms with Crippen LogP contribution < -0.4 is 10.6 Å². The second-order valence-electron chi connectivity index (χ2n) is 5.55. The maximum atomic E-state index is 9.59. The molecule has 4 nitrogen and oxygen atoms in total. The van der Waals surface area contributed by atoms with Crippen LogP contribution in [0, 0.1) is 5.41 Å². The molecule has 1 aromatic heterocycles. The molecule has 0 unspecified atom stereocenters. The van der Waals surface area contributed by atoms with Crippen molar-refractivity contribution in [2.75, 3.05) is 30.3 Å². The van der Waals surface area contributed by atoms with Gasteiger partial charge in [-0.3, -0.25) is 0 Å². The minimum atomic E-state index is 0.0640. The predicted octanol–water partition coefficient (Wildman–Crippen LogP) is 2.87. The van der Waals surface area contributed by atoms with Gasteiger partial charge < -0.3 is 15.7 Å². The molecule has 1 aromatic rings. The van der Waals surface area contributed by atoms with Gasteiger partial charge in [-0.15, -0.1) is 0 Å². The van der Waals surface area contributed by atoms with Gasteiger partial charge in [-0.05, 0) is 31.4 Å². The largest absolute Gasteiger partial charge is 0.396 e. The van der Waals surface area contributed by atoms with Gasteiger partial charge in [0.2, 0.25) is 0 Å². The summed E-state index contributed by atoms with van der Waals surface area (Å²) in [6.45, 7) is 4.17. The highest BCUT2D eigenvalue weighted by Gasteiger charge is 2.32. The Bertz CT molecular complexity index is 389. The molecule has 106 valence electrons. The first-order chi connectivity index (χ1) is 9.28. The molecule has 0 radical (unpaired) electrons. The van der Waals surface area contributed by atoms with Crippen molar-refractivity contribution in [2.24, 2.45) is 5.41 Å². The molecule has 4 heteroatoms. The first kappa shape index (κ1) is 14.1. The first-order valence-electron chi connectivity index (χ1n) is 7.34. The summed E-state index contributed by atoms with van der Waals surface area (Å²) in [5, 5.41) is 16.3. The van der Waals surface area contributed by atoms with E-state index in [0.717, 1.165) is 44.0 Å². The lowest BCUT2D eigenvalue weighted by Gasteiger charge is -2.26. The number of pyridine rings is 1. The highest BCUT2D eigenvalue weighted by Crippen LogP contribution is 2.37. The summed E-state index contributed by atoms with van der Waals surface area (Å²) in [6, 6.07) is 5.98. The van der Waals surface area contributed by atoms with Gasteiger partial charge in [0, 0.05) is 18.5 Å². The number of hydrogen-bond acceptors (Lipinski definition) is 4. The predicted molar refractivity (Wildman–Crippen MR) is 79.5 cm³/mol. The molecule has 0 amide bonds. The Labute approximate surface area is 115 Å². The number of anilines is 2. The molecule has 19 heavy (non-hydrogen) atoms. The average molecular weight is 263 g/mol. The topological polar surface area (TPSA) is 57.2 Å². The van der Waals surface area contributed by atoms with E-state index >= 15 is 0 Å². The summed E-state index contributed by atoms with van der Waals surface area (Å²) >= 11 is 0. The van der Waals surface area contributed by atoms with Crippen LogP contribution in [0.1, 0.15) is 39.0 Å². The first-order valence-corrected chi connectivity index (χ1v) is 7.34. The minimum absolute atomic E-state index is 0.0640. The minimum Gasteiger partial charge on any atom is -0.396 e. The van der Waals surface area contributed by atoms with Crippen molar-refractivity contribution in [1.29, 1.82) is 0 Å². The normalized spacial score (nSPS) is 17.4. The molecule has 1 aliphatic carbocycles. The van der Waals surface area contributed by atoms with Crippen molar-refractivity contribution < 1.29 is 5.11 Å². The quantitative estimate of drug-likeness (QED) is 0.708. The van der Waals surface area contributed by atoms with Crippen molar-refractivity contribution in [3.63, 3.8) is 0 Å². The second-order valence-corrected chi connectivity index (χ2v) is 5.55. The maximum absolute atomic E-state index is 9.59. The SMILES string of the molecule is CCCNc1cccc(NCC2(CO)CCCC2)n1. The maximum Gasteiger partial charge on any atom is 0.128 e. The lowest BCUT2D eigenvalue weighted by atomic mass is 9.87. The number of rotatable bonds is 7. The van der Waals surface area contributed by atoms with E-state index in [1.165, 1.54) is 12.8 Å². The smallest absolute Gasteiger partial charge is 0.128 e. The van der Waals surface area contributed by atoms with E-state index in [-0.39, 0.29) is 12.0 Å². The van der Waals surface area contributed by atoms with Gasteiger partial charge in [0.15, 0.2) is 0 Å². The van der Waals surface area contributed by atoms with Crippen LogP contribution in [0.3, 0.4) is 0 Å². The van der Waals surface area contributed by atoms with Crippen molar-refractivity contribution in [3.05, 3.63) is 18.2 Å². The Morgan fingerprint density at radius 2 is 1.89 bits per heavy atom. The molecule has 0 atom stereocenters. The molecule has 1 fully saturated rings. The van der Waals surface area contributed by atoms with Gasteiger partial charge in [0.25, 0.3) is 0 Å². The van der Waals surface area contributed by atoms with Gasteiger partial charge in [0.1, 0.15) is 11.6 Å². The molecule has 2 rings (SSSR count). The van der Waals surface area contributed by atoms with Crippen LogP contribution in [0.4, 0.5) is 11.6 Å². The van der Waals surface area contributed by atoms with Crippen molar-refractivity contribution in [1.82, 2.24) is 4.98 Å². The van der Waals surface area contributed by atoms with E-state index in [1.807, 2.05) is 18.2 Å². The number of hydrogen-bond donors (Lipinski definition) is 3. The third kappa shape index (κ3) is 3.83. The summed E-state index contributed by atoms with van der Waals surface area (Å²) in [5.41, 5.74) is 0.0640. The van der Waals surface area contributed by atoms with Gasteiger partial charge in [0.05, 0.1) is 6.61 Å². The van der Waals surface area contributed by atoms with Gasteiger partial charge in [-0.2, -0.15) is 0 Å². The Hall–Kier alpha value is -1.29. The lowest BCUT2D eigenvalue weighted by Crippen LogP contribution is -2.30. The van der Waals surface area contributed by atoms with Gasteiger partial charge in [-0.1, -0.05) is 25.8 Å². The van der Waals surface area contributed by atoms with Crippen LogP contribution >= 0.6 is 0 Å². The number of nitrogens with one attached hydrogen (secondary N) is 2. The fourth-order valence-electron chi connectivity index (χ4n) is 2.68. The fraction of sp³-hybridized carbons (Fsp3) is 0.667. The summed E-state index contributed by atoms with van der Waals surface area (Å²) in [7, 11) is 0. The Kier molecular flexibility index (Phi) is 5.02. The van der Waals surface area contributed by atoms with Crippen LogP contribution in [-0.4, -0.2) is 29.8 Å². The lowest BCUT2D eigenvalue weighted by molar-refractivity contribution is 0.142. The van der Waals surface area contributed by atoms with Crippen LogP contribution in [0.2, 0.25) is 0 Å². The molecule has 1 saturated carbocycles. The zero-order valence-corrected chi connectivity index (χ0v) is 11.8. The summed E-state index contributed by atoms with van der Waals surface area (Å²) in [6.07, 6.45) is 5.78. The zero-order valence-electron chi connectivity index (χ0n) is 11.8. The molecule has 0 spiro atoms. The van der Waals surface area contributed by atoms with Gasteiger partial charge in [-0.25, -0.2) is 4.98 Å². The molecule has 0 bridgehead atoms. The summed E-state index contributed by atoms with van der Waals surface area (Å²) in [4.78, 5) is 4.53. The standard InChI is InChI=1S/C15H25N3O/c1-2-10-16-13-6-5-7-14(18-13)17-11-15(12-19)8-3-4-9-15/h5-7,19H,2-4,8-12H2,1H3,(H2,16,17,18). The van der Waals surface area contributed by atoms with Crippen molar-refractivity contribution >= 4 is 11.6 Å². The van der Waals surface area contributed by atoms with Gasteiger partial charge >= 0.3 is 0 Å². The van der Waals surface area contributed by atoms with Crippen LogP contribution in [0.5, 0.6) is 0 Å². The van der Waals surface area contributed by atoms with E-state index in [4.69, 9.17) is 0 Å². The third-order valence-electron chi connectivity index (χ3n) is 3.95. The van der Waals surface area contributed by atoms with Crippen molar-refractivity contribution in [3.8, 4) is 0 Å². The Balaban J connectivity index is 1.91. The molecule has 0 saturated heterocycles. The highest BCUT2D eigenvalue weighted by molar-refractivity contribution is 5.45. The van der Waals surface area contributed by atoms with E-state index in [1.54, 1.807) is 0 Å². The highest BCUT2D eigenvalue weighted by atomic mass is 16.3. The average Bonchev–Trinajstić information content (AvgIpc) is 2.93. The zero-order chi connectivity index (χ0) is 13.6. The van der Waals surface area contributed by atoms with E-state index in [2.05, 4.69) is 22.5 Å². The van der Waals surface area contributed by atoms with E-state index in [9.17, 15) is 5.11 Å². The summed E-state index contributed by atoms with van der Waals surface area (Å²) in [5.74, 6) is 1.80. The van der Waals surface area contributed by atoms with Crippen molar-refractivity contribution in [2.45, 2.75) is 39.0 Å². The second kappa shape index (κ2) is 6.75. The monoisotopic (exact) mass is 263 g/mol. The Morgan fingerprint density at radius 3 is 2.53 bits per heavy atom. The molecule has 1 heterocycles.